The van der Waals surface area contributed by atoms with Gasteiger partial charge in [-0.05, 0) is 97.2 Å². The van der Waals surface area contributed by atoms with Crippen LogP contribution in [0.1, 0.15) is 0 Å². The molecule has 0 heterocycles. The number of anilines is 3. The maximum Gasteiger partial charge on any atom is 0.0540 e. The van der Waals surface area contributed by atoms with Gasteiger partial charge in [-0.15, -0.1) is 0 Å². The quantitative estimate of drug-likeness (QED) is 0.155. The molecule has 0 radical (unpaired) electrons. The number of rotatable bonds is 8. The van der Waals surface area contributed by atoms with Crippen molar-refractivity contribution in [2.24, 2.45) is 0 Å². The van der Waals surface area contributed by atoms with Crippen LogP contribution in [0.2, 0.25) is 0 Å². The van der Waals surface area contributed by atoms with Gasteiger partial charge in [0.25, 0.3) is 0 Å². The summed E-state index contributed by atoms with van der Waals surface area (Å²) in [5, 5.41) is 2.49. The summed E-state index contributed by atoms with van der Waals surface area (Å²) in [6, 6.07) is 80.8. The molecule has 53 heavy (non-hydrogen) atoms. The topological polar surface area (TPSA) is 3.24 Å². The standard InChI is InChI=1S/C52H37N/c1-3-16-38(17-4-1)40-30-33-41(34-31-40)47-24-9-10-25-48(47)49-26-11-12-27-50(49)51-28-13-14-29-52(51)53(45-21-5-2-6-22-45)46-23-15-20-43(37-46)44-35-32-39-18-7-8-19-42(39)36-44/h1-37H. The third kappa shape index (κ3) is 6.42. The average Bonchev–Trinajstić information content (AvgIpc) is 3.25. The lowest BCUT2D eigenvalue weighted by atomic mass is 9.88. The van der Waals surface area contributed by atoms with Gasteiger partial charge < -0.3 is 4.90 Å². The van der Waals surface area contributed by atoms with Crippen molar-refractivity contribution in [2.75, 3.05) is 4.90 Å². The first-order chi connectivity index (χ1) is 26.3. The van der Waals surface area contributed by atoms with Crippen molar-refractivity contribution in [1.82, 2.24) is 0 Å². The first-order valence-corrected chi connectivity index (χ1v) is 18.2. The lowest BCUT2D eigenvalue weighted by Gasteiger charge is -2.29. The normalized spacial score (nSPS) is 11.0. The van der Waals surface area contributed by atoms with E-state index in [1.54, 1.807) is 0 Å². The molecule has 0 bridgehead atoms. The van der Waals surface area contributed by atoms with Crippen LogP contribution in [0.4, 0.5) is 17.1 Å². The Kier molecular flexibility index (Phi) is 8.66. The van der Waals surface area contributed by atoms with Crippen LogP contribution < -0.4 is 4.90 Å². The third-order valence-corrected chi connectivity index (χ3v) is 10.1. The molecule has 0 aliphatic carbocycles. The van der Waals surface area contributed by atoms with Gasteiger partial charge in [0.2, 0.25) is 0 Å². The summed E-state index contributed by atoms with van der Waals surface area (Å²) < 4.78 is 0. The number of para-hydroxylation sites is 2. The summed E-state index contributed by atoms with van der Waals surface area (Å²) >= 11 is 0. The summed E-state index contributed by atoms with van der Waals surface area (Å²) in [5.41, 5.74) is 15.3. The third-order valence-electron chi connectivity index (χ3n) is 10.1. The van der Waals surface area contributed by atoms with Gasteiger partial charge in [-0.3, -0.25) is 0 Å². The van der Waals surface area contributed by atoms with Crippen molar-refractivity contribution >= 4 is 27.8 Å². The summed E-state index contributed by atoms with van der Waals surface area (Å²) in [7, 11) is 0. The second kappa shape index (κ2) is 14.3. The van der Waals surface area contributed by atoms with Gasteiger partial charge in [0.1, 0.15) is 0 Å². The first kappa shape index (κ1) is 32.0. The van der Waals surface area contributed by atoms with Crippen molar-refractivity contribution in [3.8, 4) is 55.6 Å². The van der Waals surface area contributed by atoms with E-state index in [0.29, 0.717) is 0 Å². The maximum atomic E-state index is 2.39. The zero-order chi connectivity index (χ0) is 35.4. The summed E-state index contributed by atoms with van der Waals surface area (Å²) in [6.07, 6.45) is 0. The van der Waals surface area contributed by atoms with Gasteiger partial charge in [0.15, 0.2) is 0 Å². The molecule has 0 unspecified atom stereocenters. The molecule has 0 aliphatic heterocycles. The highest BCUT2D eigenvalue weighted by Gasteiger charge is 2.20. The van der Waals surface area contributed by atoms with Crippen LogP contribution in [-0.4, -0.2) is 0 Å². The Morgan fingerprint density at radius 2 is 0.679 bits per heavy atom. The molecule has 9 rings (SSSR count). The molecule has 0 atom stereocenters. The zero-order valence-corrected chi connectivity index (χ0v) is 29.3. The minimum atomic E-state index is 1.10. The molecule has 0 saturated heterocycles. The van der Waals surface area contributed by atoms with Crippen LogP contribution in [-0.2, 0) is 0 Å². The SMILES string of the molecule is c1ccc(-c2ccc(-c3ccccc3-c3ccccc3-c3ccccc3N(c3ccccc3)c3cccc(-c4ccc5ccccc5c4)c3)cc2)cc1. The highest BCUT2D eigenvalue weighted by atomic mass is 15.1. The summed E-state index contributed by atoms with van der Waals surface area (Å²) in [5.74, 6) is 0. The van der Waals surface area contributed by atoms with Crippen LogP contribution in [0.15, 0.2) is 224 Å². The van der Waals surface area contributed by atoms with Crippen LogP contribution >= 0.6 is 0 Å². The molecular weight excluding hydrogens is 639 g/mol. The van der Waals surface area contributed by atoms with E-state index in [2.05, 4.69) is 229 Å². The lowest BCUT2D eigenvalue weighted by Crippen LogP contribution is -2.11. The van der Waals surface area contributed by atoms with Crippen molar-refractivity contribution in [3.63, 3.8) is 0 Å². The van der Waals surface area contributed by atoms with E-state index in [4.69, 9.17) is 0 Å². The lowest BCUT2D eigenvalue weighted by molar-refractivity contribution is 1.28. The molecule has 0 spiro atoms. The number of fused-ring (bicyclic) bond motifs is 1. The van der Waals surface area contributed by atoms with Crippen LogP contribution in [0.25, 0.3) is 66.4 Å². The predicted octanol–water partition coefficient (Wildman–Crippen LogP) is 14.6. The fourth-order valence-corrected chi connectivity index (χ4v) is 7.49. The molecule has 0 aromatic heterocycles. The predicted molar refractivity (Wildman–Crippen MR) is 226 cm³/mol. The number of hydrogen-bond donors (Lipinski definition) is 0. The monoisotopic (exact) mass is 675 g/mol. The fourth-order valence-electron chi connectivity index (χ4n) is 7.49. The Balaban J connectivity index is 1.16. The van der Waals surface area contributed by atoms with Crippen LogP contribution in [0.5, 0.6) is 0 Å². The van der Waals surface area contributed by atoms with E-state index in [1.807, 2.05) is 0 Å². The van der Waals surface area contributed by atoms with Crippen molar-refractivity contribution in [2.45, 2.75) is 0 Å². The largest absolute Gasteiger partial charge is 0.310 e. The highest BCUT2D eigenvalue weighted by molar-refractivity contribution is 5.97. The van der Waals surface area contributed by atoms with Crippen molar-refractivity contribution in [3.05, 3.63) is 224 Å². The molecule has 0 aliphatic rings. The summed E-state index contributed by atoms with van der Waals surface area (Å²) in [4.78, 5) is 2.39. The first-order valence-electron chi connectivity index (χ1n) is 18.2. The van der Waals surface area contributed by atoms with Gasteiger partial charge in [0, 0.05) is 16.9 Å². The van der Waals surface area contributed by atoms with Gasteiger partial charge in [0.05, 0.1) is 5.69 Å². The molecule has 9 aromatic rings. The van der Waals surface area contributed by atoms with E-state index in [1.165, 1.54) is 60.8 Å². The highest BCUT2D eigenvalue weighted by Crippen LogP contribution is 2.45. The molecule has 0 amide bonds. The number of nitrogens with zero attached hydrogens (tertiary/aromatic N) is 1. The molecule has 9 aromatic carbocycles. The average molecular weight is 676 g/mol. The Labute approximate surface area is 311 Å². The van der Waals surface area contributed by atoms with E-state index in [0.717, 1.165) is 22.6 Å². The smallest absolute Gasteiger partial charge is 0.0540 e. The molecular formula is C52H37N. The van der Waals surface area contributed by atoms with E-state index in [9.17, 15) is 0 Å². The summed E-state index contributed by atoms with van der Waals surface area (Å²) in [6.45, 7) is 0. The van der Waals surface area contributed by atoms with Gasteiger partial charge in [-0.2, -0.15) is 0 Å². The van der Waals surface area contributed by atoms with Crippen LogP contribution in [0.3, 0.4) is 0 Å². The van der Waals surface area contributed by atoms with E-state index >= 15 is 0 Å². The van der Waals surface area contributed by atoms with Gasteiger partial charge >= 0.3 is 0 Å². The van der Waals surface area contributed by atoms with E-state index in [-0.39, 0.29) is 0 Å². The Hall–Kier alpha value is -6.96. The molecule has 0 N–H and O–H groups in total. The molecule has 1 heteroatoms. The Morgan fingerprint density at radius 3 is 1.42 bits per heavy atom. The molecule has 250 valence electrons. The molecule has 0 saturated carbocycles. The van der Waals surface area contributed by atoms with Gasteiger partial charge in [-0.1, -0.05) is 188 Å². The van der Waals surface area contributed by atoms with Crippen molar-refractivity contribution in [1.29, 1.82) is 0 Å². The van der Waals surface area contributed by atoms with Crippen LogP contribution in [0, 0.1) is 0 Å². The second-order valence-corrected chi connectivity index (χ2v) is 13.3. The Bertz CT molecular complexity index is 2660. The molecule has 0 fully saturated rings. The van der Waals surface area contributed by atoms with Crippen molar-refractivity contribution < 1.29 is 0 Å². The maximum absolute atomic E-state index is 2.39. The minimum absolute atomic E-state index is 1.10. The number of benzene rings is 9. The molecule has 1 nitrogen and oxygen atoms in total. The fraction of sp³-hybridized carbons (Fsp3) is 0. The Morgan fingerprint density at radius 1 is 0.226 bits per heavy atom. The number of hydrogen-bond acceptors (Lipinski definition) is 1. The van der Waals surface area contributed by atoms with Gasteiger partial charge in [-0.25, -0.2) is 0 Å². The second-order valence-electron chi connectivity index (χ2n) is 13.3. The van der Waals surface area contributed by atoms with E-state index < -0.39 is 0 Å². The zero-order valence-electron chi connectivity index (χ0n) is 29.3. The minimum Gasteiger partial charge on any atom is -0.310 e.